The topological polar surface area (TPSA) is 147 Å². The van der Waals surface area contributed by atoms with E-state index in [1.54, 1.807) is 28.8 Å². The maximum Gasteiger partial charge on any atom is 0.109 e. The molecule has 6 atom stereocenters. The van der Waals surface area contributed by atoms with Gasteiger partial charge in [-0.05, 0) is 18.4 Å². The van der Waals surface area contributed by atoms with E-state index >= 15 is 0 Å². The van der Waals surface area contributed by atoms with Crippen molar-refractivity contribution in [3.63, 3.8) is 0 Å². The summed E-state index contributed by atoms with van der Waals surface area (Å²) < 4.78 is 26.8. The molecule has 2 aromatic rings. The molecule has 0 amide bonds. The van der Waals surface area contributed by atoms with Crippen molar-refractivity contribution in [2.24, 2.45) is 12.2 Å². The maximum absolute atomic E-state index is 8.57. The Morgan fingerprint density at radius 2 is 1.88 bits per heavy atom. The summed E-state index contributed by atoms with van der Waals surface area (Å²) in [6.45, 7) is 1.16. The summed E-state index contributed by atoms with van der Waals surface area (Å²) in [6, 6.07) is -0.650. The van der Waals surface area contributed by atoms with Gasteiger partial charge in [0, 0.05) is 31.7 Å². The van der Waals surface area contributed by atoms with Crippen LogP contribution in [0, 0.1) is 0 Å². The number of aromatic nitrogens is 6. The van der Waals surface area contributed by atoms with E-state index in [0.29, 0.717) is 31.7 Å². The fraction of sp³-hybridized carbons (Fsp3) is 0.765. The Morgan fingerprint density at radius 1 is 1.15 bits per heavy atom. The Labute approximate surface area is 194 Å². The molecule has 0 aliphatic carbocycles. The molecule has 0 N–H and O–H groups in total. The van der Waals surface area contributed by atoms with Crippen molar-refractivity contribution >= 4 is 22.8 Å². The zero-order valence-corrected chi connectivity index (χ0v) is 18.3. The molecular formula is C17H23B3N9O4. The number of hydrogen-bond acceptors (Lipinski definition) is 9. The summed E-state index contributed by atoms with van der Waals surface area (Å²) in [7, 11) is 14.8. The Bertz CT molecular complexity index is 956. The number of hydrogen-bond donors (Lipinski definition) is 0. The van der Waals surface area contributed by atoms with Crippen LogP contribution < -0.4 is 0 Å². The van der Waals surface area contributed by atoms with Gasteiger partial charge in [-0.3, -0.25) is 4.68 Å². The highest BCUT2D eigenvalue weighted by atomic mass is 16.6. The van der Waals surface area contributed by atoms with E-state index in [2.05, 4.69) is 30.7 Å². The summed E-state index contributed by atoms with van der Waals surface area (Å²) in [5, 5.41) is 19.8. The average molecular weight is 450 g/mol. The zero-order valence-electron chi connectivity index (χ0n) is 18.3. The lowest BCUT2D eigenvalue weighted by Crippen LogP contribution is -2.29. The lowest BCUT2D eigenvalue weighted by molar-refractivity contribution is -0.0300. The molecule has 13 nitrogen and oxygen atoms in total. The van der Waals surface area contributed by atoms with Gasteiger partial charge in [0.05, 0.1) is 64.2 Å². The molecule has 33 heavy (non-hydrogen) atoms. The molecule has 0 bridgehead atoms. The van der Waals surface area contributed by atoms with Crippen LogP contribution in [0.3, 0.4) is 0 Å². The first-order valence-corrected chi connectivity index (χ1v) is 10.6. The zero-order chi connectivity index (χ0) is 23.2. The van der Waals surface area contributed by atoms with Crippen LogP contribution in [0.25, 0.3) is 10.4 Å². The number of rotatable bonds is 11. The van der Waals surface area contributed by atoms with Crippen LogP contribution in [0.4, 0.5) is 0 Å². The lowest BCUT2D eigenvalue weighted by atomic mass is 9.51. The Balaban J connectivity index is 1.28. The highest BCUT2D eigenvalue weighted by molar-refractivity contribution is 6.90. The normalized spacial score (nSPS) is 29.2. The van der Waals surface area contributed by atoms with Gasteiger partial charge in [0.15, 0.2) is 0 Å². The molecule has 2 aliphatic heterocycles. The van der Waals surface area contributed by atoms with Crippen molar-refractivity contribution in [2.45, 2.75) is 69.0 Å². The van der Waals surface area contributed by atoms with Crippen molar-refractivity contribution in [3.05, 3.63) is 34.2 Å². The summed E-state index contributed by atoms with van der Waals surface area (Å²) in [5.41, 5.74) is 9.95. The number of nitrogens with zero attached hydrogens (tertiary/aromatic N) is 9. The van der Waals surface area contributed by atoms with Gasteiger partial charge < -0.3 is 18.9 Å². The van der Waals surface area contributed by atoms with Crippen molar-refractivity contribution < 1.29 is 18.9 Å². The fourth-order valence-electron chi connectivity index (χ4n) is 3.93. The number of aryl methyl sites for hydroxylation is 1. The average Bonchev–Trinajstić information content (AvgIpc) is 3.57. The summed E-state index contributed by atoms with van der Waals surface area (Å²) in [4.78, 5) is 2.78. The minimum absolute atomic E-state index is 0.174. The SMILES string of the molecule is [B][B]C1CC(OCc2cn(CC3OC([B])CC3OCc3cn(C)nn3)nn2)C(CN=[N+]=[N-])O1. The fourth-order valence-corrected chi connectivity index (χ4v) is 3.93. The van der Waals surface area contributed by atoms with Gasteiger partial charge in [-0.1, -0.05) is 15.5 Å². The van der Waals surface area contributed by atoms with Crippen LogP contribution >= 0.6 is 0 Å². The van der Waals surface area contributed by atoms with E-state index < -0.39 is 6.00 Å². The van der Waals surface area contributed by atoms with Gasteiger partial charge >= 0.3 is 0 Å². The van der Waals surface area contributed by atoms with Crippen LogP contribution in [-0.2, 0) is 45.8 Å². The van der Waals surface area contributed by atoms with Crippen LogP contribution in [0.2, 0.25) is 0 Å². The standard InChI is InChI=1S/C17H23B3N9O4/c1-28-5-10(23-26-28)8-30-12-2-16(18)32-15(12)7-29-6-11(24-27-29)9-31-13-3-17(20-19)33-14(13)4-22-25-21/h5-6,12-17H,2-4,7-9H2,1H3. The minimum atomic E-state index is -0.407. The van der Waals surface area contributed by atoms with Crippen molar-refractivity contribution in [3.8, 4) is 0 Å². The molecule has 5 radical (unpaired) electrons. The number of ether oxygens (including phenoxy) is 4. The molecule has 2 fully saturated rings. The predicted octanol–water partition coefficient (Wildman–Crippen LogP) is -0.626. The summed E-state index contributed by atoms with van der Waals surface area (Å²) >= 11 is 0. The molecule has 4 heterocycles. The van der Waals surface area contributed by atoms with Crippen molar-refractivity contribution in [2.75, 3.05) is 6.54 Å². The van der Waals surface area contributed by atoms with Crippen LogP contribution in [0.5, 0.6) is 0 Å². The van der Waals surface area contributed by atoms with Gasteiger partial charge in [0.25, 0.3) is 0 Å². The molecule has 4 rings (SSSR count). The highest BCUT2D eigenvalue weighted by Crippen LogP contribution is 2.25. The van der Waals surface area contributed by atoms with Gasteiger partial charge in [-0.2, -0.15) is 0 Å². The molecule has 169 valence electrons. The molecule has 0 saturated carbocycles. The van der Waals surface area contributed by atoms with E-state index in [9.17, 15) is 0 Å². The van der Waals surface area contributed by atoms with Crippen LogP contribution in [0.1, 0.15) is 24.2 Å². The van der Waals surface area contributed by atoms with Gasteiger partial charge in [-0.25, -0.2) is 4.68 Å². The van der Waals surface area contributed by atoms with Crippen molar-refractivity contribution in [1.29, 1.82) is 0 Å². The highest BCUT2D eigenvalue weighted by Gasteiger charge is 2.35. The monoisotopic (exact) mass is 450 g/mol. The van der Waals surface area contributed by atoms with Gasteiger partial charge in [0.2, 0.25) is 0 Å². The first-order valence-electron chi connectivity index (χ1n) is 10.6. The van der Waals surface area contributed by atoms with Crippen molar-refractivity contribution in [1.82, 2.24) is 30.0 Å². The molecule has 0 aromatic carbocycles. The Hall–Kier alpha value is -2.38. The van der Waals surface area contributed by atoms with E-state index in [0.717, 1.165) is 5.69 Å². The number of azide groups is 1. The van der Waals surface area contributed by atoms with Gasteiger partial charge in [0.1, 0.15) is 25.3 Å². The third-order valence-corrected chi connectivity index (χ3v) is 5.49. The smallest absolute Gasteiger partial charge is 0.109 e. The molecule has 0 spiro atoms. The third-order valence-electron chi connectivity index (χ3n) is 5.49. The van der Waals surface area contributed by atoms with E-state index in [-0.39, 0.29) is 43.6 Å². The van der Waals surface area contributed by atoms with E-state index in [1.165, 1.54) is 7.17 Å². The first-order chi connectivity index (χ1) is 16.0. The molecule has 6 unspecified atom stereocenters. The Kier molecular flexibility index (Phi) is 8.04. The predicted molar refractivity (Wildman–Crippen MR) is 116 cm³/mol. The maximum atomic E-state index is 8.57. The van der Waals surface area contributed by atoms with Crippen LogP contribution in [0.15, 0.2) is 17.5 Å². The lowest BCUT2D eigenvalue weighted by Gasteiger charge is -2.18. The second-order valence-electron chi connectivity index (χ2n) is 8.02. The van der Waals surface area contributed by atoms with Gasteiger partial charge in [-0.15, -0.1) is 10.2 Å². The second kappa shape index (κ2) is 11.2. The van der Waals surface area contributed by atoms with E-state index in [1.807, 2.05) is 0 Å². The molecular weight excluding hydrogens is 427 g/mol. The quantitative estimate of drug-likeness (QED) is 0.191. The molecule has 2 saturated heterocycles. The largest absolute Gasteiger partial charge is 0.382 e. The third kappa shape index (κ3) is 6.36. The Morgan fingerprint density at radius 3 is 2.58 bits per heavy atom. The first kappa shape index (κ1) is 23.8. The van der Waals surface area contributed by atoms with Crippen LogP contribution in [-0.4, -0.2) is 95.7 Å². The van der Waals surface area contributed by atoms with E-state index in [4.69, 9.17) is 40.1 Å². The summed E-state index contributed by atoms with van der Waals surface area (Å²) in [5.74, 6) is 0. The minimum Gasteiger partial charge on any atom is -0.382 e. The summed E-state index contributed by atoms with van der Waals surface area (Å²) in [6.07, 6.45) is 3.64. The second-order valence-corrected chi connectivity index (χ2v) is 8.02. The molecule has 2 aromatic heterocycles. The molecule has 16 heteroatoms. The molecule has 2 aliphatic rings.